The molecule has 0 saturated heterocycles. The van der Waals surface area contributed by atoms with Gasteiger partial charge in [0, 0.05) is 11.1 Å². The summed E-state index contributed by atoms with van der Waals surface area (Å²) >= 11 is 18.9. The van der Waals surface area contributed by atoms with Crippen LogP contribution in [0.25, 0.3) is 0 Å². The molecular weight excluding hydrogens is 303 g/mol. The second-order valence-electron chi connectivity index (χ2n) is 5.20. The SMILES string of the molecule is COc1cc(Cl)c(C(Cl)CCC2CCCC2)cc1Cl. The largest absolute Gasteiger partial charge is 0.495 e. The summed E-state index contributed by atoms with van der Waals surface area (Å²) in [6, 6.07) is 3.57. The highest BCUT2D eigenvalue weighted by atomic mass is 35.5. The van der Waals surface area contributed by atoms with Crippen LogP contribution in [-0.2, 0) is 0 Å². The highest BCUT2D eigenvalue weighted by Gasteiger charge is 2.19. The van der Waals surface area contributed by atoms with Crippen LogP contribution in [-0.4, -0.2) is 7.11 Å². The summed E-state index contributed by atoms with van der Waals surface area (Å²) in [5.41, 5.74) is 0.909. The zero-order chi connectivity index (χ0) is 13.8. The lowest BCUT2D eigenvalue weighted by Crippen LogP contribution is -1.99. The summed E-state index contributed by atoms with van der Waals surface area (Å²) < 4.78 is 5.14. The highest BCUT2D eigenvalue weighted by molar-refractivity contribution is 6.35. The first kappa shape index (κ1) is 15.3. The molecule has 0 amide bonds. The van der Waals surface area contributed by atoms with Crippen LogP contribution in [0.4, 0.5) is 0 Å². The van der Waals surface area contributed by atoms with Gasteiger partial charge in [-0.3, -0.25) is 0 Å². The molecule has 0 heterocycles. The number of hydrogen-bond acceptors (Lipinski definition) is 1. The van der Waals surface area contributed by atoms with Crippen LogP contribution in [0.2, 0.25) is 10.0 Å². The van der Waals surface area contributed by atoms with Gasteiger partial charge in [0.05, 0.1) is 17.5 Å². The summed E-state index contributed by atoms with van der Waals surface area (Å²) in [4.78, 5) is 0. The van der Waals surface area contributed by atoms with Gasteiger partial charge in [-0.05, 0) is 30.4 Å². The third-order valence-corrected chi connectivity index (χ3v) is 4.99. The Morgan fingerprint density at radius 3 is 2.53 bits per heavy atom. The second kappa shape index (κ2) is 7.06. The van der Waals surface area contributed by atoms with Gasteiger partial charge in [-0.1, -0.05) is 48.9 Å². The van der Waals surface area contributed by atoms with Crippen LogP contribution in [0, 0.1) is 5.92 Å². The molecule has 1 unspecified atom stereocenters. The molecule has 1 fully saturated rings. The van der Waals surface area contributed by atoms with E-state index in [0.29, 0.717) is 15.8 Å². The topological polar surface area (TPSA) is 9.23 Å². The Bertz CT molecular complexity index is 428. The zero-order valence-corrected chi connectivity index (χ0v) is 13.4. The maximum Gasteiger partial charge on any atom is 0.138 e. The van der Waals surface area contributed by atoms with Gasteiger partial charge in [0.1, 0.15) is 5.75 Å². The molecule has 1 aliphatic carbocycles. The van der Waals surface area contributed by atoms with Crippen molar-refractivity contribution in [1.29, 1.82) is 0 Å². The van der Waals surface area contributed by atoms with Gasteiger partial charge in [0.2, 0.25) is 0 Å². The van der Waals surface area contributed by atoms with Gasteiger partial charge in [0.25, 0.3) is 0 Å². The molecule has 1 saturated carbocycles. The lowest BCUT2D eigenvalue weighted by Gasteiger charge is -2.16. The van der Waals surface area contributed by atoms with Crippen LogP contribution < -0.4 is 4.74 Å². The average molecular weight is 322 g/mol. The van der Waals surface area contributed by atoms with E-state index in [-0.39, 0.29) is 5.38 Å². The summed E-state index contributed by atoms with van der Waals surface area (Å²) in [5.74, 6) is 1.43. The number of methoxy groups -OCH3 is 1. The number of alkyl halides is 1. The second-order valence-corrected chi connectivity index (χ2v) is 6.54. The van der Waals surface area contributed by atoms with E-state index in [4.69, 9.17) is 39.5 Å². The first-order chi connectivity index (χ1) is 9.11. The van der Waals surface area contributed by atoms with Crippen molar-refractivity contribution in [3.8, 4) is 5.75 Å². The van der Waals surface area contributed by atoms with Crippen molar-refractivity contribution < 1.29 is 4.74 Å². The predicted octanol–water partition coefficient (Wildman–Crippen LogP) is 6.25. The molecule has 4 heteroatoms. The Morgan fingerprint density at radius 2 is 1.89 bits per heavy atom. The first-order valence-corrected chi connectivity index (χ1v) is 7.98. The highest BCUT2D eigenvalue weighted by Crippen LogP contribution is 2.39. The smallest absolute Gasteiger partial charge is 0.138 e. The Kier molecular flexibility index (Phi) is 5.68. The van der Waals surface area contributed by atoms with E-state index in [1.165, 1.54) is 32.1 Å². The van der Waals surface area contributed by atoms with Gasteiger partial charge in [-0.2, -0.15) is 0 Å². The Hall–Kier alpha value is -0.110. The average Bonchev–Trinajstić information content (AvgIpc) is 2.91. The van der Waals surface area contributed by atoms with Crippen molar-refractivity contribution in [2.75, 3.05) is 7.11 Å². The molecular formula is C15H19Cl3O. The Morgan fingerprint density at radius 1 is 1.21 bits per heavy atom. The quantitative estimate of drug-likeness (QED) is 0.582. The molecule has 0 aliphatic heterocycles. The van der Waals surface area contributed by atoms with Crippen LogP contribution >= 0.6 is 34.8 Å². The maximum absolute atomic E-state index is 6.47. The van der Waals surface area contributed by atoms with Gasteiger partial charge in [-0.15, -0.1) is 11.6 Å². The molecule has 0 bridgehead atoms. The molecule has 1 atom stereocenters. The van der Waals surface area contributed by atoms with Crippen LogP contribution in [0.5, 0.6) is 5.75 Å². The summed E-state index contributed by atoms with van der Waals surface area (Å²) in [6.07, 6.45) is 7.56. The summed E-state index contributed by atoms with van der Waals surface area (Å²) in [6.45, 7) is 0. The monoisotopic (exact) mass is 320 g/mol. The van der Waals surface area contributed by atoms with Crippen molar-refractivity contribution in [3.05, 3.63) is 27.7 Å². The molecule has 1 aromatic carbocycles. The minimum atomic E-state index is -0.0727. The fraction of sp³-hybridized carbons (Fsp3) is 0.600. The van der Waals surface area contributed by atoms with E-state index < -0.39 is 0 Å². The minimum absolute atomic E-state index is 0.0727. The molecule has 0 aromatic heterocycles. The van der Waals surface area contributed by atoms with Gasteiger partial charge in [0.15, 0.2) is 0 Å². The van der Waals surface area contributed by atoms with Crippen molar-refractivity contribution in [3.63, 3.8) is 0 Å². The molecule has 0 radical (unpaired) electrons. The molecule has 106 valence electrons. The standard InChI is InChI=1S/C15H19Cl3O/c1-19-15-9-13(17)11(8-14(15)18)12(16)7-6-10-4-2-3-5-10/h8-10,12H,2-7H2,1H3. The van der Waals surface area contributed by atoms with E-state index in [9.17, 15) is 0 Å². The van der Waals surface area contributed by atoms with Crippen LogP contribution in [0.1, 0.15) is 49.5 Å². The molecule has 2 rings (SSSR count). The fourth-order valence-corrected chi connectivity index (χ4v) is 3.67. The predicted molar refractivity (Wildman–Crippen MR) is 82.8 cm³/mol. The number of ether oxygens (including phenoxy) is 1. The van der Waals surface area contributed by atoms with E-state index >= 15 is 0 Å². The summed E-state index contributed by atoms with van der Waals surface area (Å²) in [5, 5.41) is 1.12. The third kappa shape index (κ3) is 3.93. The number of halogens is 3. The fourth-order valence-electron chi connectivity index (χ4n) is 2.78. The Labute approximate surface area is 130 Å². The molecule has 0 N–H and O–H groups in total. The van der Waals surface area contributed by atoms with Gasteiger partial charge in [-0.25, -0.2) is 0 Å². The number of rotatable bonds is 5. The molecule has 0 spiro atoms. The van der Waals surface area contributed by atoms with Crippen molar-refractivity contribution in [2.24, 2.45) is 5.92 Å². The first-order valence-electron chi connectivity index (χ1n) is 6.78. The van der Waals surface area contributed by atoms with Crippen LogP contribution in [0.3, 0.4) is 0 Å². The van der Waals surface area contributed by atoms with Crippen molar-refractivity contribution >= 4 is 34.8 Å². The Balaban J connectivity index is 2.01. The zero-order valence-electron chi connectivity index (χ0n) is 11.1. The van der Waals surface area contributed by atoms with E-state index in [2.05, 4.69) is 0 Å². The van der Waals surface area contributed by atoms with Gasteiger partial charge < -0.3 is 4.74 Å². The molecule has 1 aromatic rings. The minimum Gasteiger partial charge on any atom is -0.495 e. The molecule has 1 nitrogen and oxygen atoms in total. The molecule has 19 heavy (non-hydrogen) atoms. The van der Waals surface area contributed by atoms with E-state index in [0.717, 1.165) is 17.9 Å². The van der Waals surface area contributed by atoms with Crippen molar-refractivity contribution in [1.82, 2.24) is 0 Å². The van der Waals surface area contributed by atoms with E-state index in [1.807, 2.05) is 6.07 Å². The van der Waals surface area contributed by atoms with Gasteiger partial charge >= 0.3 is 0 Å². The lowest BCUT2D eigenvalue weighted by atomic mass is 9.98. The number of benzene rings is 1. The van der Waals surface area contributed by atoms with E-state index in [1.54, 1.807) is 13.2 Å². The van der Waals surface area contributed by atoms with Crippen molar-refractivity contribution in [2.45, 2.75) is 43.9 Å². The lowest BCUT2D eigenvalue weighted by molar-refractivity contribution is 0.415. The summed E-state index contributed by atoms with van der Waals surface area (Å²) in [7, 11) is 1.58. The normalized spacial score (nSPS) is 17.7. The maximum atomic E-state index is 6.47. The third-order valence-electron chi connectivity index (χ3n) is 3.91. The van der Waals surface area contributed by atoms with Crippen LogP contribution in [0.15, 0.2) is 12.1 Å². The number of hydrogen-bond donors (Lipinski definition) is 0. The molecule has 1 aliphatic rings.